The number of amides is 2. The molecule has 3 aromatic rings. The molecule has 1 aliphatic heterocycles. The van der Waals surface area contributed by atoms with E-state index >= 15 is 0 Å². The molecular weight excluding hydrogens is 392 g/mol. The van der Waals surface area contributed by atoms with Crippen LogP contribution in [0.4, 0.5) is 5.69 Å². The molecule has 2 amide bonds. The number of carbonyl (C=O) groups is 2. The van der Waals surface area contributed by atoms with Gasteiger partial charge in [0.1, 0.15) is 17.3 Å². The average Bonchev–Trinajstić information content (AvgIpc) is 3.45. The van der Waals surface area contributed by atoms with Crippen molar-refractivity contribution in [2.75, 3.05) is 18.6 Å². The molecule has 2 heterocycles. The van der Waals surface area contributed by atoms with E-state index in [1.54, 1.807) is 7.11 Å². The lowest BCUT2D eigenvalue weighted by Crippen LogP contribution is -2.25. The lowest BCUT2D eigenvalue weighted by Gasteiger charge is -2.16. The summed E-state index contributed by atoms with van der Waals surface area (Å²) in [7, 11) is 1.64. The predicted molar refractivity (Wildman–Crippen MR) is 119 cm³/mol. The Bertz CT molecular complexity index is 1060. The van der Waals surface area contributed by atoms with Crippen molar-refractivity contribution >= 4 is 17.5 Å². The highest BCUT2D eigenvalue weighted by atomic mass is 16.5. The lowest BCUT2D eigenvalue weighted by molar-refractivity contribution is -0.121. The number of hydrogen-bond acceptors (Lipinski definition) is 4. The number of nitrogens with one attached hydrogen (secondary N) is 1. The maximum Gasteiger partial charge on any atom is 0.227 e. The quantitative estimate of drug-likeness (QED) is 0.591. The summed E-state index contributed by atoms with van der Waals surface area (Å²) in [4.78, 5) is 26.0. The minimum absolute atomic E-state index is 0.0370. The van der Waals surface area contributed by atoms with Crippen molar-refractivity contribution in [3.05, 3.63) is 72.0 Å². The Labute approximate surface area is 181 Å². The van der Waals surface area contributed by atoms with Gasteiger partial charge in [-0.1, -0.05) is 12.1 Å². The monoisotopic (exact) mass is 418 g/mol. The molecule has 0 radical (unpaired) electrons. The third-order valence-corrected chi connectivity index (χ3v) is 5.42. The second kappa shape index (κ2) is 9.51. The molecule has 0 bridgehead atoms. The van der Waals surface area contributed by atoms with E-state index in [0.29, 0.717) is 25.8 Å². The Morgan fingerprint density at radius 3 is 2.71 bits per heavy atom. The number of carbonyl (C=O) groups excluding carboxylic acids is 2. The first-order valence-corrected chi connectivity index (χ1v) is 10.5. The Morgan fingerprint density at radius 1 is 1.13 bits per heavy atom. The third-order valence-electron chi connectivity index (χ3n) is 5.42. The number of anilines is 1. The molecule has 1 aliphatic rings. The first-order valence-electron chi connectivity index (χ1n) is 10.5. The molecule has 31 heavy (non-hydrogen) atoms. The number of aryl methyl sites for hydroxylation is 1. The van der Waals surface area contributed by atoms with Crippen LogP contribution in [0.2, 0.25) is 0 Å². The predicted octanol–water partition coefficient (Wildman–Crippen LogP) is 4.33. The normalized spacial score (nSPS) is 13.5. The third kappa shape index (κ3) is 5.15. The van der Waals surface area contributed by atoms with Crippen molar-refractivity contribution in [3.63, 3.8) is 0 Å². The zero-order valence-electron chi connectivity index (χ0n) is 17.6. The maximum absolute atomic E-state index is 12.3. The van der Waals surface area contributed by atoms with E-state index in [2.05, 4.69) is 5.32 Å². The fraction of sp³-hybridized carbons (Fsp3) is 0.280. The number of rotatable bonds is 8. The Kier molecular flexibility index (Phi) is 6.36. The van der Waals surface area contributed by atoms with E-state index in [-0.39, 0.29) is 11.8 Å². The van der Waals surface area contributed by atoms with Crippen LogP contribution < -0.4 is 15.0 Å². The molecule has 0 aliphatic carbocycles. The van der Waals surface area contributed by atoms with Crippen LogP contribution in [0.15, 0.2) is 65.1 Å². The van der Waals surface area contributed by atoms with Crippen molar-refractivity contribution in [2.24, 2.45) is 0 Å². The SMILES string of the molecule is COc1ccc(-c2ccc(CCC(=O)NCc3cccc(N4CCCC4=O)c3)o2)cc1. The molecule has 1 aromatic heterocycles. The molecule has 1 N–H and O–H groups in total. The zero-order chi connectivity index (χ0) is 21.6. The Hall–Kier alpha value is -3.54. The van der Waals surface area contributed by atoms with Crippen molar-refractivity contribution in [2.45, 2.75) is 32.2 Å². The van der Waals surface area contributed by atoms with Gasteiger partial charge in [-0.2, -0.15) is 0 Å². The molecule has 6 heteroatoms. The van der Waals surface area contributed by atoms with Gasteiger partial charge in [-0.05, 0) is 60.5 Å². The molecule has 0 spiro atoms. The molecule has 6 nitrogen and oxygen atoms in total. The van der Waals surface area contributed by atoms with E-state index in [1.807, 2.05) is 65.6 Å². The average molecular weight is 418 g/mol. The first-order chi connectivity index (χ1) is 15.1. The van der Waals surface area contributed by atoms with Crippen molar-refractivity contribution in [1.29, 1.82) is 0 Å². The van der Waals surface area contributed by atoms with E-state index in [1.165, 1.54) is 0 Å². The van der Waals surface area contributed by atoms with Gasteiger partial charge in [0, 0.05) is 43.6 Å². The number of ether oxygens (including phenoxy) is 1. The first kappa shape index (κ1) is 20.7. The maximum atomic E-state index is 12.3. The summed E-state index contributed by atoms with van der Waals surface area (Å²) in [5.41, 5.74) is 2.84. The van der Waals surface area contributed by atoms with Gasteiger partial charge in [0.25, 0.3) is 0 Å². The van der Waals surface area contributed by atoms with Crippen LogP contribution in [0.5, 0.6) is 5.75 Å². The van der Waals surface area contributed by atoms with E-state index in [4.69, 9.17) is 9.15 Å². The van der Waals surface area contributed by atoms with Gasteiger partial charge in [0.15, 0.2) is 0 Å². The topological polar surface area (TPSA) is 71.8 Å². The van der Waals surface area contributed by atoms with Crippen LogP contribution >= 0.6 is 0 Å². The highest BCUT2D eigenvalue weighted by molar-refractivity contribution is 5.95. The van der Waals surface area contributed by atoms with Crippen molar-refractivity contribution in [3.8, 4) is 17.1 Å². The zero-order valence-corrected chi connectivity index (χ0v) is 17.6. The minimum Gasteiger partial charge on any atom is -0.497 e. The standard InChI is InChI=1S/C25H26N2O4/c1-30-21-9-7-19(8-10-21)23-13-11-22(31-23)12-14-24(28)26-17-18-4-2-5-20(16-18)27-15-3-6-25(27)29/h2,4-5,7-11,13,16H,3,6,12,14-15,17H2,1H3,(H,26,28). The summed E-state index contributed by atoms with van der Waals surface area (Å²) < 4.78 is 11.1. The van der Waals surface area contributed by atoms with E-state index in [0.717, 1.165) is 47.0 Å². The number of methoxy groups -OCH3 is 1. The van der Waals surface area contributed by atoms with Crippen LogP contribution in [-0.4, -0.2) is 25.5 Å². The summed E-state index contributed by atoms with van der Waals surface area (Å²) in [6, 6.07) is 19.3. The van der Waals surface area contributed by atoms with Gasteiger partial charge in [0.2, 0.25) is 11.8 Å². The number of benzene rings is 2. The van der Waals surface area contributed by atoms with Crippen LogP contribution in [-0.2, 0) is 22.6 Å². The van der Waals surface area contributed by atoms with Gasteiger partial charge >= 0.3 is 0 Å². The molecule has 0 unspecified atom stereocenters. The van der Waals surface area contributed by atoms with Crippen LogP contribution in [0.1, 0.15) is 30.6 Å². The number of hydrogen-bond donors (Lipinski definition) is 1. The van der Waals surface area contributed by atoms with Crippen molar-refractivity contribution < 1.29 is 18.7 Å². The summed E-state index contributed by atoms with van der Waals surface area (Å²) in [5, 5.41) is 2.95. The fourth-order valence-electron chi connectivity index (χ4n) is 3.70. The second-order valence-corrected chi connectivity index (χ2v) is 7.59. The largest absolute Gasteiger partial charge is 0.497 e. The summed E-state index contributed by atoms with van der Waals surface area (Å²) in [5.74, 6) is 2.46. The molecule has 0 saturated carbocycles. The molecule has 1 fully saturated rings. The van der Waals surface area contributed by atoms with Crippen LogP contribution in [0.3, 0.4) is 0 Å². The van der Waals surface area contributed by atoms with Crippen LogP contribution in [0, 0.1) is 0 Å². The highest BCUT2D eigenvalue weighted by Gasteiger charge is 2.21. The van der Waals surface area contributed by atoms with E-state index in [9.17, 15) is 9.59 Å². The Morgan fingerprint density at radius 2 is 1.97 bits per heavy atom. The van der Waals surface area contributed by atoms with Gasteiger partial charge in [-0.3, -0.25) is 9.59 Å². The highest BCUT2D eigenvalue weighted by Crippen LogP contribution is 2.25. The molecule has 2 aromatic carbocycles. The van der Waals surface area contributed by atoms with Crippen LogP contribution in [0.25, 0.3) is 11.3 Å². The molecule has 4 rings (SSSR count). The second-order valence-electron chi connectivity index (χ2n) is 7.59. The summed E-state index contributed by atoms with van der Waals surface area (Å²) in [6.07, 6.45) is 2.38. The molecule has 160 valence electrons. The van der Waals surface area contributed by atoms with Gasteiger partial charge in [-0.25, -0.2) is 0 Å². The van der Waals surface area contributed by atoms with Crippen molar-refractivity contribution in [1.82, 2.24) is 5.32 Å². The molecule has 1 saturated heterocycles. The number of furan rings is 1. The lowest BCUT2D eigenvalue weighted by atomic mass is 10.1. The van der Waals surface area contributed by atoms with Gasteiger partial charge in [-0.15, -0.1) is 0 Å². The minimum atomic E-state index is -0.0370. The molecular formula is C25H26N2O4. The summed E-state index contributed by atoms with van der Waals surface area (Å²) >= 11 is 0. The molecule has 0 atom stereocenters. The fourth-order valence-corrected chi connectivity index (χ4v) is 3.70. The Balaban J connectivity index is 1.27. The smallest absolute Gasteiger partial charge is 0.227 e. The summed E-state index contributed by atoms with van der Waals surface area (Å²) in [6.45, 7) is 1.19. The number of nitrogens with zero attached hydrogens (tertiary/aromatic N) is 1. The van der Waals surface area contributed by atoms with E-state index < -0.39 is 0 Å². The van der Waals surface area contributed by atoms with Gasteiger partial charge in [0.05, 0.1) is 7.11 Å². The van der Waals surface area contributed by atoms with Gasteiger partial charge < -0.3 is 19.4 Å².